The largest absolute Gasteiger partial charge is 0.291 e. The molecular formula is C8H15N. The summed E-state index contributed by atoms with van der Waals surface area (Å²) in [6.07, 6.45) is 2.12. The molecule has 0 aromatic carbocycles. The van der Waals surface area contributed by atoms with Crippen molar-refractivity contribution in [1.82, 2.24) is 0 Å². The van der Waals surface area contributed by atoms with Crippen molar-refractivity contribution in [3.8, 4) is 0 Å². The summed E-state index contributed by atoms with van der Waals surface area (Å²) >= 11 is 0. The lowest BCUT2D eigenvalue weighted by molar-refractivity contribution is 1.19. The minimum Gasteiger partial charge on any atom is -0.291 e. The van der Waals surface area contributed by atoms with Crippen LogP contribution in [0.1, 0.15) is 27.7 Å². The summed E-state index contributed by atoms with van der Waals surface area (Å²) in [6.45, 7) is 9.03. The summed E-state index contributed by atoms with van der Waals surface area (Å²) in [5.74, 6) is 0. The normalized spacial score (nSPS) is 8.44. The van der Waals surface area contributed by atoms with E-state index < -0.39 is 0 Å². The Labute approximate surface area is 57.5 Å². The van der Waals surface area contributed by atoms with Gasteiger partial charge in [-0.15, -0.1) is 0 Å². The Morgan fingerprint density at radius 2 is 1.78 bits per heavy atom. The molecule has 0 rings (SSSR count). The van der Waals surface area contributed by atoms with Crippen molar-refractivity contribution in [2.75, 3.05) is 6.54 Å². The Hall–Kier alpha value is -0.590. The fourth-order valence-corrected chi connectivity index (χ4v) is 0.411. The van der Waals surface area contributed by atoms with Gasteiger partial charge in [0, 0.05) is 5.71 Å². The van der Waals surface area contributed by atoms with Crippen LogP contribution in [-0.2, 0) is 0 Å². The molecule has 0 aliphatic heterocycles. The van der Waals surface area contributed by atoms with E-state index in [9.17, 15) is 0 Å². The zero-order valence-corrected chi connectivity index (χ0v) is 6.73. The predicted molar refractivity (Wildman–Crippen MR) is 43.1 cm³/mol. The van der Waals surface area contributed by atoms with Gasteiger partial charge in [0.25, 0.3) is 0 Å². The zero-order valence-electron chi connectivity index (χ0n) is 6.73. The summed E-state index contributed by atoms with van der Waals surface area (Å²) in [6, 6.07) is 0. The number of hydrogen-bond donors (Lipinski definition) is 0. The minimum atomic E-state index is 0.838. The molecule has 0 N–H and O–H groups in total. The van der Waals surface area contributed by atoms with Gasteiger partial charge in [0.1, 0.15) is 0 Å². The Bertz CT molecular complexity index is 108. The van der Waals surface area contributed by atoms with E-state index in [0.29, 0.717) is 0 Å². The van der Waals surface area contributed by atoms with Gasteiger partial charge in [-0.2, -0.15) is 0 Å². The highest BCUT2D eigenvalue weighted by Crippen LogP contribution is 1.87. The number of allylic oxidation sites excluding steroid dienone is 1. The lowest BCUT2D eigenvalue weighted by Crippen LogP contribution is -1.82. The Morgan fingerprint density at radius 1 is 1.22 bits per heavy atom. The van der Waals surface area contributed by atoms with Crippen LogP contribution in [0.3, 0.4) is 0 Å². The smallest absolute Gasteiger partial charge is 0.0571 e. The van der Waals surface area contributed by atoms with Gasteiger partial charge in [-0.1, -0.05) is 11.6 Å². The summed E-state index contributed by atoms with van der Waals surface area (Å²) in [5.41, 5.74) is 2.48. The van der Waals surface area contributed by atoms with Crippen LogP contribution in [0, 0.1) is 0 Å². The second-order valence-electron chi connectivity index (χ2n) is 2.57. The van der Waals surface area contributed by atoms with E-state index in [1.54, 1.807) is 0 Å². The van der Waals surface area contributed by atoms with E-state index in [2.05, 4.69) is 24.9 Å². The van der Waals surface area contributed by atoms with Crippen LogP contribution in [-0.4, -0.2) is 12.3 Å². The topological polar surface area (TPSA) is 12.4 Å². The molecule has 52 valence electrons. The Kier molecular flexibility index (Phi) is 4.02. The van der Waals surface area contributed by atoms with Crippen LogP contribution in [0.2, 0.25) is 0 Å². The van der Waals surface area contributed by atoms with Crippen molar-refractivity contribution in [1.29, 1.82) is 0 Å². The quantitative estimate of drug-likeness (QED) is 0.397. The van der Waals surface area contributed by atoms with Crippen LogP contribution in [0.15, 0.2) is 16.6 Å². The predicted octanol–water partition coefficient (Wildman–Crippen LogP) is 2.43. The first-order chi connectivity index (χ1) is 4.13. The van der Waals surface area contributed by atoms with Gasteiger partial charge in [-0.25, -0.2) is 0 Å². The van der Waals surface area contributed by atoms with Gasteiger partial charge in [0.2, 0.25) is 0 Å². The van der Waals surface area contributed by atoms with Gasteiger partial charge in [-0.05, 0) is 27.7 Å². The van der Waals surface area contributed by atoms with Gasteiger partial charge < -0.3 is 0 Å². The molecule has 9 heavy (non-hydrogen) atoms. The first-order valence-electron chi connectivity index (χ1n) is 3.24. The number of hydrogen-bond acceptors (Lipinski definition) is 1. The molecule has 0 bridgehead atoms. The summed E-state index contributed by atoms with van der Waals surface area (Å²) in [5, 5.41) is 0. The highest BCUT2D eigenvalue weighted by molar-refractivity contribution is 5.79. The molecule has 0 spiro atoms. The molecule has 1 nitrogen and oxygen atoms in total. The molecule has 1 heteroatoms. The van der Waals surface area contributed by atoms with E-state index in [4.69, 9.17) is 0 Å². The SMILES string of the molecule is CC(C)=CCN=C(C)C. The number of rotatable bonds is 2. The molecule has 0 amide bonds. The minimum absolute atomic E-state index is 0.838. The van der Waals surface area contributed by atoms with E-state index in [1.165, 1.54) is 5.57 Å². The summed E-state index contributed by atoms with van der Waals surface area (Å²) < 4.78 is 0. The van der Waals surface area contributed by atoms with Crippen LogP contribution < -0.4 is 0 Å². The molecule has 0 aromatic heterocycles. The third kappa shape index (κ3) is 7.41. The Balaban J connectivity index is 3.53. The molecule has 0 heterocycles. The monoisotopic (exact) mass is 125 g/mol. The molecule has 0 aliphatic rings. The van der Waals surface area contributed by atoms with E-state index >= 15 is 0 Å². The maximum Gasteiger partial charge on any atom is 0.0571 e. The fraction of sp³-hybridized carbons (Fsp3) is 0.625. The third-order valence-corrected chi connectivity index (χ3v) is 0.907. The third-order valence-electron chi connectivity index (χ3n) is 0.907. The van der Waals surface area contributed by atoms with Gasteiger partial charge in [-0.3, -0.25) is 4.99 Å². The number of aliphatic imine (C=N–C) groups is 1. The average Bonchev–Trinajstić information content (AvgIpc) is 1.63. The second-order valence-corrected chi connectivity index (χ2v) is 2.57. The van der Waals surface area contributed by atoms with E-state index in [1.807, 2.05) is 13.8 Å². The number of nitrogens with zero attached hydrogens (tertiary/aromatic N) is 1. The lowest BCUT2D eigenvalue weighted by atomic mass is 10.3. The molecule has 0 saturated carbocycles. The lowest BCUT2D eigenvalue weighted by Gasteiger charge is -1.88. The first-order valence-corrected chi connectivity index (χ1v) is 3.24. The summed E-state index contributed by atoms with van der Waals surface area (Å²) in [4.78, 5) is 4.20. The Morgan fingerprint density at radius 3 is 2.11 bits per heavy atom. The van der Waals surface area contributed by atoms with Gasteiger partial charge >= 0.3 is 0 Å². The summed E-state index contributed by atoms with van der Waals surface area (Å²) in [7, 11) is 0. The maximum absolute atomic E-state index is 4.20. The zero-order chi connectivity index (χ0) is 7.28. The van der Waals surface area contributed by atoms with Crippen LogP contribution in [0.5, 0.6) is 0 Å². The van der Waals surface area contributed by atoms with Crippen molar-refractivity contribution < 1.29 is 0 Å². The van der Waals surface area contributed by atoms with Crippen molar-refractivity contribution in [2.24, 2.45) is 4.99 Å². The van der Waals surface area contributed by atoms with Gasteiger partial charge in [0.05, 0.1) is 6.54 Å². The van der Waals surface area contributed by atoms with Gasteiger partial charge in [0.15, 0.2) is 0 Å². The van der Waals surface area contributed by atoms with Crippen molar-refractivity contribution >= 4 is 5.71 Å². The molecule has 0 radical (unpaired) electrons. The standard InChI is InChI=1S/C8H15N/c1-7(2)5-6-9-8(3)4/h5H,6H2,1-4H3. The molecule has 0 aromatic rings. The maximum atomic E-state index is 4.20. The molecular weight excluding hydrogens is 110 g/mol. The van der Waals surface area contributed by atoms with Crippen LogP contribution in [0.4, 0.5) is 0 Å². The van der Waals surface area contributed by atoms with E-state index in [0.717, 1.165) is 12.3 Å². The molecule has 0 saturated heterocycles. The molecule has 0 unspecified atom stereocenters. The first kappa shape index (κ1) is 8.41. The van der Waals surface area contributed by atoms with Crippen molar-refractivity contribution in [2.45, 2.75) is 27.7 Å². The van der Waals surface area contributed by atoms with Crippen molar-refractivity contribution in [3.05, 3.63) is 11.6 Å². The van der Waals surface area contributed by atoms with E-state index in [-0.39, 0.29) is 0 Å². The van der Waals surface area contributed by atoms with Crippen molar-refractivity contribution in [3.63, 3.8) is 0 Å². The highest BCUT2D eigenvalue weighted by Gasteiger charge is 1.76. The second kappa shape index (κ2) is 4.30. The van der Waals surface area contributed by atoms with Crippen LogP contribution in [0.25, 0.3) is 0 Å². The average molecular weight is 125 g/mol. The highest BCUT2D eigenvalue weighted by atomic mass is 14.7. The van der Waals surface area contributed by atoms with Crippen LogP contribution >= 0.6 is 0 Å². The molecule has 0 aliphatic carbocycles. The molecule has 0 fully saturated rings. The molecule has 0 atom stereocenters. The fourth-order valence-electron chi connectivity index (χ4n) is 0.411.